The maximum Gasteiger partial charge on any atom is 0.256 e. The molecule has 0 unspecified atom stereocenters. The summed E-state index contributed by atoms with van der Waals surface area (Å²) in [6.07, 6.45) is 2.28. The van der Waals surface area contributed by atoms with Crippen LogP contribution in [-0.4, -0.2) is 26.5 Å². The molecular formula is C11H16F2O3Si. The number of benzene rings is 1. The Morgan fingerprint density at radius 1 is 1.12 bits per heavy atom. The van der Waals surface area contributed by atoms with Gasteiger partial charge in [-0.25, -0.2) is 8.78 Å². The molecule has 2 N–H and O–H groups in total. The first-order valence-corrected chi connectivity index (χ1v) is 7.08. The van der Waals surface area contributed by atoms with E-state index in [2.05, 4.69) is 4.43 Å². The molecule has 0 aliphatic heterocycles. The monoisotopic (exact) mass is 262 g/mol. The predicted molar refractivity (Wildman–Crippen MR) is 62.0 cm³/mol. The lowest BCUT2D eigenvalue weighted by Gasteiger charge is -2.05. The Morgan fingerprint density at radius 2 is 1.76 bits per heavy atom. The van der Waals surface area contributed by atoms with Crippen molar-refractivity contribution in [3.8, 4) is 0 Å². The summed E-state index contributed by atoms with van der Waals surface area (Å²) in [7, 11) is -0.900. The van der Waals surface area contributed by atoms with Gasteiger partial charge in [-0.3, -0.25) is 0 Å². The fourth-order valence-corrected chi connectivity index (χ4v) is 2.49. The van der Waals surface area contributed by atoms with Crippen molar-refractivity contribution < 1.29 is 23.4 Å². The molecule has 17 heavy (non-hydrogen) atoms. The van der Waals surface area contributed by atoms with Crippen molar-refractivity contribution in [2.45, 2.75) is 31.8 Å². The van der Waals surface area contributed by atoms with Gasteiger partial charge in [0.05, 0.1) is 0 Å². The van der Waals surface area contributed by atoms with Crippen molar-refractivity contribution in [1.82, 2.24) is 0 Å². The molecule has 0 aliphatic carbocycles. The number of halogens is 2. The van der Waals surface area contributed by atoms with Crippen LogP contribution in [0.2, 0.25) is 6.04 Å². The van der Waals surface area contributed by atoms with Crippen LogP contribution in [0.25, 0.3) is 0 Å². The minimum absolute atomic E-state index is 0.555. The summed E-state index contributed by atoms with van der Waals surface area (Å²) in [6, 6.07) is 4.32. The molecule has 0 spiro atoms. The summed E-state index contributed by atoms with van der Waals surface area (Å²) < 4.78 is 30.3. The number of aliphatic hydroxyl groups is 2. The van der Waals surface area contributed by atoms with Gasteiger partial charge in [-0.15, -0.1) is 0 Å². The van der Waals surface area contributed by atoms with E-state index in [1.165, 1.54) is 12.1 Å². The van der Waals surface area contributed by atoms with Gasteiger partial charge >= 0.3 is 0 Å². The van der Waals surface area contributed by atoms with Crippen LogP contribution in [0, 0.1) is 11.6 Å². The molecular weight excluding hydrogens is 246 g/mol. The predicted octanol–water partition coefficient (Wildman–Crippen LogP) is 1.07. The summed E-state index contributed by atoms with van der Waals surface area (Å²) in [5.41, 5.74) is 0.646. The lowest BCUT2D eigenvalue weighted by Crippen LogP contribution is -2.13. The summed E-state index contributed by atoms with van der Waals surface area (Å²) in [5.74, 6) is -1.11. The Labute approximate surface area is 101 Å². The van der Waals surface area contributed by atoms with Crippen LogP contribution >= 0.6 is 0 Å². The molecule has 0 atom stereocenters. The van der Waals surface area contributed by atoms with Crippen LogP contribution in [0.5, 0.6) is 0 Å². The second kappa shape index (κ2) is 7.49. The SMILES string of the molecule is OC(O)O[SiH2]CCCCc1cc(F)cc(F)c1. The van der Waals surface area contributed by atoms with Gasteiger partial charge in [0.25, 0.3) is 6.48 Å². The third-order valence-electron chi connectivity index (χ3n) is 2.30. The van der Waals surface area contributed by atoms with Crippen molar-refractivity contribution >= 4 is 9.76 Å². The van der Waals surface area contributed by atoms with E-state index >= 15 is 0 Å². The summed E-state index contributed by atoms with van der Waals surface area (Å²) in [4.78, 5) is 0. The van der Waals surface area contributed by atoms with Crippen molar-refractivity contribution in [2.75, 3.05) is 0 Å². The maximum absolute atomic E-state index is 12.8. The molecule has 6 heteroatoms. The fraction of sp³-hybridized carbons (Fsp3) is 0.455. The van der Waals surface area contributed by atoms with E-state index in [4.69, 9.17) is 10.2 Å². The highest BCUT2D eigenvalue weighted by Gasteiger charge is 2.01. The van der Waals surface area contributed by atoms with Crippen LogP contribution in [0.4, 0.5) is 8.78 Å². The number of aryl methyl sites for hydroxylation is 1. The maximum atomic E-state index is 12.8. The Morgan fingerprint density at radius 3 is 2.35 bits per heavy atom. The van der Waals surface area contributed by atoms with Crippen LogP contribution in [0.3, 0.4) is 0 Å². The molecule has 0 fully saturated rings. The number of rotatable bonds is 7. The van der Waals surface area contributed by atoms with Crippen LogP contribution in [0.15, 0.2) is 18.2 Å². The smallest absolute Gasteiger partial charge is 0.256 e. The number of hydrogen-bond acceptors (Lipinski definition) is 3. The third-order valence-corrected chi connectivity index (χ3v) is 3.62. The Bertz CT molecular complexity index is 327. The Hall–Kier alpha value is -0.823. The largest absolute Gasteiger partial charge is 0.379 e. The lowest BCUT2D eigenvalue weighted by molar-refractivity contribution is -0.180. The van der Waals surface area contributed by atoms with Gasteiger partial charge < -0.3 is 14.6 Å². The quantitative estimate of drug-likeness (QED) is 0.439. The Balaban J connectivity index is 2.18. The first-order chi connectivity index (χ1) is 8.08. The van der Waals surface area contributed by atoms with Gasteiger partial charge in [-0.1, -0.05) is 6.42 Å². The van der Waals surface area contributed by atoms with Crippen molar-refractivity contribution in [1.29, 1.82) is 0 Å². The molecule has 0 radical (unpaired) electrons. The van der Waals surface area contributed by atoms with Gasteiger partial charge in [0.2, 0.25) is 0 Å². The van der Waals surface area contributed by atoms with Gasteiger partial charge in [0, 0.05) is 6.07 Å². The molecule has 0 aliphatic rings. The van der Waals surface area contributed by atoms with E-state index in [1.54, 1.807) is 0 Å². The molecule has 0 saturated heterocycles. The lowest BCUT2D eigenvalue weighted by atomic mass is 10.1. The number of hydrogen-bond donors (Lipinski definition) is 2. The standard InChI is InChI=1S/C11H16F2O3Si/c12-9-5-8(6-10(13)7-9)3-1-2-4-17-16-11(14)15/h5-7,11,14-15H,1-4,17H2. The Kier molecular flexibility index (Phi) is 6.28. The molecule has 0 aromatic heterocycles. The minimum atomic E-state index is -1.67. The first-order valence-electron chi connectivity index (χ1n) is 5.50. The summed E-state index contributed by atoms with van der Waals surface area (Å²) >= 11 is 0. The third kappa shape index (κ3) is 6.47. The van der Waals surface area contributed by atoms with E-state index < -0.39 is 27.9 Å². The van der Waals surface area contributed by atoms with E-state index in [0.29, 0.717) is 12.0 Å². The normalized spacial score (nSPS) is 11.8. The number of unbranched alkanes of at least 4 members (excludes halogenated alkanes) is 1. The highest BCUT2D eigenvalue weighted by atomic mass is 28.2. The van der Waals surface area contributed by atoms with E-state index in [-0.39, 0.29) is 0 Å². The van der Waals surface area contributed by atoms with Gasteiger partial charge in [0.1, 0.15) is 11.6 Å². The molecule has 0 heterocycles. The van der Waals surface area contributed by atoms with Gasteiger partial charge in [-0.2, -0.15) is 0 Å². The van der Waals surface area contributed by atoms with Gasteiger partial charge in [0.15, 0.2) is 9.76 Å². The molecule has 3 nitrogen and oxygen atoms in total. The molecule has 0 bridgehead atoms. The van der Waals surface area contributed by atoms with E-state index in [1.807, 2.05) is 0 Å². The average Bonchev–Trinajstić information content (AvgIpc) is 2.21. The van der Waals surface area contributed by atoms with Gasteiger partial charge in [-0.05, 0) is 36.6 Å². The summed E-state index contributed by atoms with van der Waals surface area (Å²) in [5, 5.41) is 16.9. The van der Waals surface area contributed by atoms with Crippen LogP contribution < -0.4 is 0 Å². The second-order valence-corrected chi connectivity index (χ2v) is 5.23. The molecule has 1 aromatic rings. The minimum Gasteiger partial charge on any atom is -0.379 e. The van der Waals surface area contributed by atoms with E-state index in [0.717, 1.165) is 25.0 Å². The molecule has 1 rings (SSSR count). The molecule has 0 amide bonds. The zero-order chi connectivity index (χ0) is 12.7. The van der Waals surface area contributed by atoms with Crippen molar-refractivity contribution in [3.05, 3.63) is 35.4 Å². The molecule has 96 valence electrons. The van der Waals surface area contributed by atoms with Crippen LogP contribution in [0.1, 0.15) is 18.4 Å². The first kappa shape index (κ1) is 14.2. The van der Waals surface area contributed by atoms with E-state index in [9.17, 15) is 8.78 Å². The topological polar surface area (TPSA) is 49.7 Å². The average molecular weight is 262 g/mol. The molecule has 1 aromatic carbocycles. The second-order valence-electron chi connectivity index (χ2n) is 3.79. The highest BCUT2D eigenvalue weighted by molar-refractivity contribution is 6.26. The zero-order valence-electron chi connectivity index (χ0n) is 9.40. The summed E-state index contributed by atoms with van der Waals surface area (Å²) in [6.45, 7) is -1.67. The van der Waals surface area contributed by atoms with Crippen LogP contribution in [-0.2, 0) is 10.8 Å². The fourth-order valence-electron chi connectivity index (χ4n) is 1.55. The molecule has 0 saturated carbocycles. The number of aliphatic hydroxyl groups excluding tert-OH is 1. The van der Waals surface area contributed by atoms with Crippen molar-refractivity contribution in [3.63, 3.8) is 0 Å². The highest BCUT2D eigenvalue weighted by Crippen LogP contribution is 2.11. The zero-order valence-corrected chi connectivity index (χ0v) is 10.8. The van der Waals surface area contributed by atoms with Crippen molar-refractivity contribution in [2.24, 2.45) is 0 Å².